The zero-order valence-corrected chi connectivity index (χ0v) is 10.3. The number of aliphatic carboxylic acids is 4. The van der Waals surface area contributed by atoms with E-state index in [1.807, 2.05) is 0 Å². The number of hydrogen-bond acceptors (Lipinski definition) is 4. The number of hydrogen-bond donors (Lipinski definition) is 4. The summed E-state index contributed by atoms with van der Waals surface area (Å²) < 4.78 is 0. The van der Waals surface area contributed by atoms with Gasteiger partial charge in [0.1, 0.15) is 0 Å². The fourth-order valence-corrected chi connectivity index (χ4v) is 0.747. The Morgan fingerprint density at radius 2 is 1.26 bits per heavy atom. The second-order valence-corrected chi connectivity index (χ2v) is 3.44. The van der Waals surface area contributed by atoms with Crippen LogP contribution in [-0.4, -0.2) is 44.3 Å². The molecule has 0 radical (unpaired) electrons. The van der Waals surface area contributed by atoms with Crippen molar-refractivity contribution >= 4 is 23.9 Å². The molecule has 0 heterocycles. The van der Waals surface area contributed by atoms with Crippen molar-refractivity contribution in [2.75, 3.05) is 0 Å². The zero-order valence-electron chi connectivity index (χ0n) is 10.3. The maximum Gasteiger partial charge on any atom is 0.332 e. The molecule has 0 saturated carbocycles. The van der Waals surface area contributed by atoms with Gasteiger partial charge in [-0.25, -0.2) is 14.4 Å². The molecule has 106 valence electrons. The van der Waals surface area contributed by atoms with E-state index in [1.54, 1.807) is 13.8 Å². The molecule has 0 spiro atoms. The van der Waals surface area contributed by atoms with Crippen LogP contribution in [0, 0.1) is 0 Å². The molecule has 19 heavy (non-hydrogen) atoms. The van der Waals surface area contributed by atoms with Gasteiger partial charge in [0.15, 0.2) is 0 Å². The molecule has 0 aliphatic heterocycles. The zero-order chi connectivity index (χ0) is 15.6. The molecule has 0 aromatic rings. The van der Waals surface area contributed by atoms with Crippen LogP contribution < -0.4 is 0 Å². The van der Waals surface area contributed by atoms with Gasteiger partial charge in [-0.3, -0.25) is 4.79 Å². The van der Waals surface area contributed by atoms with Crippen molar-refractivity contribution in [2.45, 2.75) is 20.3 Å². The molecule has 0 unspecified atom stereocenters. The third kappa shape index (κ3) is 15.4. The first kappa shape index (κ1) is 18.7. The third-order valence-electron chi connectivity index (χ3n) is 1.33. The SMILES string of the molecule is CC(C)=CC(=O)O.O=C(O)C=C(CC(=O)O)C(=O)O. The number of carbonyl (C=O) groups is 4. The second kappa shape index (κ2) is 9.40. The summed E-state index contributed by atoms with van der Waals surface area (Å²) in [4.78, 5) is 39.9. The largest absolute Gasteiger partial charge is 0.481 e. The molecule has 0 saturated heterocycles. The van der Waals surface area contributed by atoms with E-state index in [0.717, 1.165) is 5.57 Å². The highest BCUT2D eigenvalue weighted by Crippen LogP contribution is 2.00. The van der Waals surface area contributed by atoms with Crippen molar-refractivity contribution in [3.63, 3.8) is 0 Å². The summed E-state index contributed by atoms with van der Waals surface area (Å²) in [5.41, 5.74) is 0.155. The molecule has 0 aromatic heterocycles. The van der Waals surface area contributed by atoms with Gasteiger partial charge in [0, 0.05) is 12.2 Å². The first-order chi connectivity index (χ1) is 8.56. The van der Waals surface area contributed by atoms with Crippen molar-refractivity contribution < 1.29 is 39.6 Å². The lowest BCUT2D eigenvalue weighted by Crippen LogP contribution is -2.08. The highest BCUT2D eigenvalue weighted by Gasteiger charge is 2.12. The van der Waals surface area contributed by atoms with Gasteiger partial charge in [-0.2, -0.15) is 0 Å². The van der Waals surface area contributed by atoms with Crippen LogP contribution in [0.1, 0.15) is 20.3 Å². The van der Waals surface area contributed by atoms with E-state index in [9.17, 15) is 19.2 Å². The van der Waals surface area contributed by atoms with Gasteiger partial charge >= 0.3 is 23.9 Å². The van der Waals surface area contributed by atoms with E-state index in [4.69, 9.17) is 20.4 Å². The molecule has 0 aromatic carbocycles. The smallest absolute Gasteiger partial charge is 0.332 e. The molecule has 8 nitrogen and oxygen atoms in total. The molecular formula is C11H14O8. The normalized spacial score (nSPS) is 9.68. The van der Waals surface area contributed by atoms with E-state index in [0.29, 0.717) is 6.08 Å². The number of allylic oxidation sites excluding steroid dienone is 1. The Hall–Kier alpha value is -2.64. The number of carboxylic acid groups (broad SMARTS) is 4. The quantitative estimate of drug-likeness (QED) is 0.532. The van der Waals surface area contributed by atoms with Crippen molar-refractivity contribution in [1.29, 1.82) is 0 Å². The minimum atomic E-state index is -1.54. The molecule has 0 fully saturated rings. The van der Waals surface area contributed by atoms with Gasteiger partial charge < -0.3 is 20.4 Å². The maximum atomic E-state index is 10.2. The van der Waals surface area contributed by atoms with Crippen LogP contribution in [0.15, 0.2) is 23.3 Å². The van der Waals surface area contributed by atoms with Gasteiger partial charge in [-0.15, -0.1) is 0 Å². The first-order valence-electron chi connectivity index (χ1n) is 4.82. The van der Waals surface area contributed by atoms with E-state index in [1.165, 1.54) is 6.08 Å². The Labute approximate surface area is 108 Å². The standard InChI is InChI=1S/C6H6O6.C5H8O2/c7-4(8)1-3(6(11)12)2-5(9)10;1-4(2)3-5(6)7/h1H,2H2,(H,7,8)(H,9,10)(H,11,12);3H,1-2H3,(H,6,7). The third-order valence-corrected chi connectivity index (χ3v) is 1.33. The van der Waals surface area contributed by atoms with Crippen LogP contribution in [0.5, 0.6) is 0 Å². The summed E-state index contributed by atoms with van der Waals surface area (Å²) in [6.07, 6.45) is 0.720. The molecule has 0 atom stereocenters. The molecule has 8 heteroatoms. The number of rotatable bonds is 5. The molecule has 0 aliphatic carbocycles. The molecular weight excluding hydrogens is 260 g/mol. The van der Waals surface area contributed by atoms with Crippen LogP contribution in [0.2, 0.25) is 0 Å². The van der Waals surface area contributed by atoms with Crippen LogP contribution in [0.4, 0.5) is 0 Å². The Kier molecular flexibility index (Phi) is 9.26. The van der Waals surface area contributed by atoms with Gasteiger partial charge in [0.2, 0.25) is 0 Å². The molecule has 0 bridgehead atoms. The number of carboxylic acids is 4. The van der Waals surface area contributed by atoms with E-state index < -0.39 is 35.9 Å². The monoisotopic (exact) mass is 274 g/mol. The van der Waals surface area contributed by atoms with E-state index >= 15 is 0 Å². The Bertz CT molecular complexity index is 426. The minimum Gasteiger partial charge on any atom is -0.481 e. The summed E-state index contributed by atoms with van der Waals surface area (Å²) in [7, 11) is 0. The lowest BCUT2D eigenvalue weighted by Gasteiger charge is -1.94. The Morgan fingerprint density at radius 3 is 1.42 bits per heavy atom. The summed E-state index contributed by atoms with van der Waals surface area (Å²) in [6, 6.07) is 0. The van der Waals surface area contributed by atoms with Crippen LogP contribution >= 0.6 is 0 Å². The summed E-state index contributed by atoms with van der Waals surface area (Å²) in [5, 5.41) is 32.5. The van der Waals surface area contributed by atoms with Crippen molar-refractivity contribution in [3.8, 4) is 0 Å². The topological polar surface area (TPSA) is 149 Å². The summed E-state index contributed by atoms with van der Waals surface area (Å²) in [6.45, 7) is 3.49. The fraction of sp³-hybridized carbons (Fsp3) is 0.273. The van der Waals surface area contributed by atoms with Crippen molar-refractivity contribution in [2.24, 2.45) is 0 Å². The molecule has 0 rings (SSSR count). The molecule has 0 amide bonds. The van der Waals surface area contributed by atoms with Gasteiger partial charge in [-0.1, -0.05) is 5.57 Å². The summed E-state index contributed by atoms with van der Waals surface area (Å²) in [5.74, 6) is -5.28. The minimum absolute atomic E-state index is 0.358. The summed E-state index contributed by atoms with van der Waals surface area (Å²) >= 11 is 0. The Balaban J connectivity index is 0. The average Bonchev–Trinajstić information content (AvgIpc) is 2.13. The predicted octanol–water partition coefficient (Wildman–Crippen LogP) is 0.594. The van der Waals surface area contributed by atoms with Crippen LogP contribution in [0.25, 0.3) is 0 Å². The van der Waals surface area contributed by atoms with Crippen LogP contribution in [0.3, 0.4) is 0 Å². The lowest BCUT2D eigenvalue weighted by molar-refractivity contribution is -0.140. The van der Waals surface area contributed by atoms with Gasteiger partial charge in [-0.05, 0) is 13.8 Å². The highest BCUT2D eigenvalue weighted by atomic mass is 16.4. The molecule has 4 N–H and O–H groups in total. The maximum absolute atomic E-state index is 10.2. The second-order valence-electron chi connectivity index (χ2n) is 3.44. The first-order valence-corrected chi connectivity index (χ1v) is 4.82. The predicted molar refractivity (Wildman–Crippen MR) is 62.7 cm³/mol. The van der Waals surface area contributed by atoms with E-state index in [-0.39, 0.29) is 0 Å². The van der Waals surface area contributed by atoms with Crippen LogP contribution in [-0.2, 0) is 19.2 Å². The van der Waals surface area contributed by atoms with Gasteiger partial charge in [0.25, 0.3) is 0 Å². The van der Waals surface area contributed by atoms with Crippen molar-refractivity contribution in [3.05, 3.63) is 23.3 Å². The lowest BCUT2D eigenvalue weighted by atomic mass is 10.2. The van der Waals surface area contributed by atoms with Crippen molar-refractivity contribution in [1.82, 2.24) is 0 Å². The van der Waals surface area contributed by atoms with Gasteiger partial charge in [0.05, 0.1) is 12.0 Å². The Morgan fingerprint density at radius 1 is 0.842 bits per heavy atom. The van der Waals surface area contributed by atoms with E-state index in [2.05, 4.69) is 0 Å². The fourth-order valence-electron chi connectivity index (χ4n) is 0.747. The average molecular weight is 274 g/mol. The molecule has 0 aliphatic rings. The highest BCUT2D eigenvalue weighted by molar-refractivity contribution is 5.98.